The minimum Gasteiger partial charge on any atom is -0.490 e. The van der Waals surface area contributed by atoms with Crippen molar-refractivity contribution in [1.29, 1.82) is 10.8 Å². The van der Waals surface area contributed by atoms with Crippen LogP contribution in [0.1, 0.15) is 37.8 Å². The molecule has 1 saturated carbocycles. The number of hydrogen-bond donors (Lipinski definition) is 2. The molecule has 1 fully saturated rings. The number of ether oxygens (including phenoxy) is 1. The van der Waals surface area contributed by atoms with Gasteiger partial charge in [0.05, 0.1) is 19.6 Å². The predicted octanol–water partition coefficient (Wildman–Crippen LogP) is 1.79. The second kappa shape index (κ2) is 8.48. The summed E-state index contributed by atoms with van der Waals surface area (Å²) < 4.78 is 5.76. The van der Waals surface area contributed by atoms with Crippen LogP contribution in [0.25, 0.3) is 0 Å². The number of carbonyl (C=O) groups is 1. The molecule has 1 aliphatic carbocycles. The lowest BCUT2D eigenvalue weighted by molar-refractivity contribution is -0.597. The third-order valence-corrected chi connectivity index (χ3v) is 5.92. The smallest absolute Gasteiger partial charge is 0.228 e. The van der Waals surface area contributed by atoms with Gasteiger partial charge in [-0.2, -0.15) is 10.4 Å². The van der Waals surface area contributed by atoms with Crippen LogP contribution in [0.4, 0.5) is 0 Å². The van der Waals surface area contributed by atoms with Gasteiger partial charge in [0.1, 0.15) is 36.4 Å². The summed E-state index contributed by atoms with van der Waals surface area (Å²) in [5, 5.41) is 14.5. The topological polar surface area (TPSA) is 119 Å². The van der Waals surface area contributed by atoms with Gasteiger partial charge in [0.25, 0.3) is 0 Å². The first-order valence-corrected chi connectivity index (χ1v) is 9.61. The van der Waals surface area contributed by atoms with Gasteiger partial charge in [-0.05, 0) is 18.8 Å². The zero-order chi connectivity index (χ0) is 20.1. The lowest BCUT2D eigenvalue weighted by Crippen LogP contribution is -2.80. The molecule has 28 heavy (non-hydrogen) atoms. The summed E-state index contributed by atoms with van der Waals surface area (Å²) in [5.74, 6) is 1.63. The molecule has 3 N–H and O–H groups in total. The molecule has 3 rings (SSSR count). The fraction of sp³-hybridized carbons (Fsp3) is 0.550. The molecule has 1 amide bonds. The van der Waals surface area contributed by atoms with Gasteiger partial charge in [-0.25, -0.2) is 5.53 Å². The number of aromatic nitrogens is 1. The SMILES string of the molecule is CC(C)(C(=O)N1CCOc2c(C#N)cncc2C1)C1CC(C[NH2+]/C=C\N=N)C1. The highest BCUT2D eigenvalue weighted by Gasteiger charge is 2.46. The second-order valence-corrected chi connectivity index (χ2v) is 8.06. The first kappa shape index (κ1) is 20.0. The van der Waals surface area contributed by atoms with Crippen molar-refractivity contribution >= 4 is 5.91 Å². The summed E-state index contributed by atoms with van der Waals surface area (Å²) in [4.78, 5) is 19.3. The van der Waals surface area contributed by atoms with Crippen molar-refractivity contribution < 1.29 is 14.8 Å². The molecule has 1 aliphatic heterocycles. The number of fused-ring (bicyclic) bond motifs is 1. The van der Waals surface area contributed by atoms with Gasteiger partial charge >= 0.3 is 0 Å². The van der Waals surface area contributed by atoms with Crippen molar-refractivity contribution in [3.8, 4) is 11.8 Å². The van der Waals surface area contributed by atoms with Gasteiger partial charge < -0.3 is 15.0 Å². The van der Waals surface area contributed by atoms with Crippen LogP contribution >= 0.6 is 0 Å². The largest absolute Gasteiger partial charge is 0.490 e. The van der Waals surface area contributed by atoms with Crippen molar-refractivity contribution in [3.05, 3.63) is 35.9 Å². The van der Waals surface area contributed by atoms with E-state index in [0.717, 1.165) is 24.9 Å². The molecule has 8 heteroatoms. The summed E-state index contributed by atoms with van der Waals surface area (Å²) in [7, 11) is 0. The first-order valence-electron chi connectivity index (χ1n) is 9.61. The van der Waals surface area contributed by atoms with Crippen molar-refractivity contribution in [2.45, 2.75) is 33.2 Å². The Morgan fingerprint density at radius 3 is 3.04 bits per heavy atom. The molecule has 0 bridgehead atoms. The minimum atomic E-state index is -0.437. The third kappa shape index (κ3) is 4.04. The predicted molar refractivity (Wildman–Crippen MR) is 101 cm³/mol. The highest BCUT2D eigenvalue weighted by Crippen LogP contribution is 2.46. The fourth-order valence-corrected chi connectivity index (χ4v) is 4.05. The maximum absolute atomic E-state index is 13.3. The summed E-state index contributed by atoms with van der Waals surface area (Å²) in [6, 6.07) is 2.11. The third-order valence-electron chi connectivity index (χ3n) is 5.92. The van der Waals surface area contributed by atoms with Gasteiger partial charge in [0.2, 0.25) is 5.91 Å². The van der Waals surface area contributed by atoms with Gasteiger partial charge in [-0.1, -0.05) is 13.8 Å². The summed E-state index contributed by atoms with van der Waals surface area (Å²) in [5.41, 5.74) is 7.50. The van der Waals surface area contributed by atoms with Crippen LogP contribution in [0.2, 0.25) is 0 Å². The average Bonchev–Trinajstić information content (AvgIpc) is 2.87. The number of pyridine rings is 1. The van der Waals surface area contributed by atoms with E-state index >= 15 is 0 Å². The van der Waals surface area contributed by atoms with Crippen LogP contribution in [0.5, 0.6) is 5.75 Å². The van der Waals surface area contributed by atoms with Crippen molar-refractivity contribution in [1.82, 2.24) is 9.88 Å². The second-order valence-electron chi connectivity index (χ2n) is 8.06. The lowest BCUT2D eigenvalue weighted by Gasteiger charge is -2.45. The average molecular weight is 383 g/mol. The van der Waals surface area contributed by atoms with E-state index < -0.39 is 5.41 Å². The van der Waals surface area contributed by atoms with E-state index in [9.17, 15) is 10.1 Å². The molecule has 0 aromatic carbocycles. The standard InChI is InChI=1S/C20H26N6O2/c1-20(2,17-7-14(8-17)10-23-3-4-25-22)19(27)26-5-6-28-18-15(9-21)11-24-12-16(18)13-26/h3-4,11-12,14,17,22-23H,5-8,10,13H2,1-2H3/p+1/b4-3-,25-22?. The number of hydrogen-bond acceptors (Lipinski definition) is 6. The minimum absolute atomic E-state index is 0.131. The molecule has 0 atom stereocenters. The monoisotopic (exact) mass is 383 g/mol. The fourth-order valence-electron chi connectivity index (χ4n) is 4.05. The number of nitrogens with zero attached hydrogens (tertiary/aromatic N) is 4. The van der Waals surface area contributed by atoms with Crippen LogP contribution in [0.3, 0.4) is 0 Å². The zero-order valence-electron chi connectivity index (χ0n) is 16.4. The van der Waals surface area contributed by atoms with E-state index in [1.165, 1.54) is 12.4 Å². The summed E-state index contributed by atoms with van der Waals surface area (Å²) in [6.07, 6.45) is 8.51. The molecular weight excluding hydrogens is 356 g/mol. The molecule has 0 unspecified atom stereocenters. The molecular formula is C20H27N6O2+. The van der Waals surface area contributed by atoms with E-state index in [1.807, 2.05) is 24.1 Å². The number of amides is 1. The number of nitrogens with one attached hydrogen (secondary N) is 1. The highest BCUT2D eigenvalue weighted by atomic mass is 16.5. The van der Waals surface area contributed by atoms with Crippen molar-refractivity contribution in [3.63, 3.8) is 0 Å². The van der Waals surface area contributed by atoms with E-state index in [0.29, 0.717) is 42.8 Å². The van der Waals surface area contributed by atoms with Crippen LogP contribution in [0.15, 0.2) is 29.9 Å². The Labute approximate surface area is 165 Å². The molecule has 2 aliphatic rings. The maximum Gasteiger partial charge on any atom is 0.228 e. The molecule has 8 nitrogen and oxygen atoms in total. The Bertz CT molecular complexity index is 807. The summed E-state index contributed by atoms with van der Waals surface area (Å²) in [6.45, 7) is 6.34. The van der Waals surface area contributed by atoms with Gasteiger partial charge in [0.15, 0.2) is 0 Å². The number of nitrogens with two attached hydrogens (primary N) is 1. The Morgan fingerprint density at radius 2 is 2.32 bits per heavy atom. The summed E-state index contributed by atoms with van der Waals surface area (Å²) >= 11 is 0. The molecule has 0 saturated heterocycles. The Morgan fingerprint density at radius 1 is 1.54 bits per heavy atom. The van der Waals surface area contributed by atoms with Crippen LogP contribution in [-0.2, 0) is 11.3 Å². The van der Waals surface area contributed by atoms with Gasteiger partial charge in [-0.15, -0.1) is 0 Å². The van der Waals surface area contributed by atoms with Crippen molar-refractivity contribution in [2.24, 2.45) is 22.4 Å². The first-order chi connectivity index (χ1) is 13.5. The Hall–Kier alpha value is -2.79. The molecule has 1 aromatic heterocycles. The van der Waals surface area contributed by atoms with E-state index in [4.69, 9.17) is 10.3 Å². The Kier molecular flexibility index (Phi) is 6.05. The number of nitriles is 1. The molecule has 0 radical (unpaired) electrons. The maximum atomic E-state index is 13.3. The number of rotatable bonds is 6. The molecule has 0 spiro atoms. The molecule has 2 heterocycles. The van der Waals surface area contributed by atoms with E-state index in [2.05, 4.69) is 16.2 Å². The zero-order valence-corrected chi connectivity index (χ0v) is 16.4. The van der Waals surface area contributed by atoms with Crippen LogP contribution in [0, 0.1) is 34.1 Å². The van der Waals surface area contributed by atoms with E-state index in [-0.39, 0.29) is 5.91 Å². The van der Waals surface area contributed by atoms with Gasteiger partial charge in [0, 0.05) is 29.3 Å². The van der Waals surface area contributed by atoms with E-state index in [1.54, 1.807) is 12.4 Å². The molecule has 148 valence electrons. The lowest BCUT2D eigenvalue weighted by atomic mass is 9.61. The van der Waals surface area contributed by atoms with Crippen LogP contribution < -0.4 is 10.1 Å². The van der Waals surface area contributed by atoms with Gasteiger partial charge in [-0.3, -0.25) is 9.78 Å². The molecule has 1 aromatic rings. The van der Waals surface area contributed by atoms with Crippen molar-refractivity contribution in [2.75, 3.05) is 19.7 Å². The highest BCUT2D eigenvalue weighted by molar-refractivity contribution is 5.82. The number of quaternary nitrogens is 1. The Balaban J connectivity index is 1.62. The van der Waals surface area contributed by atoms with Crippen LogP contribution in [-0.4, -0.2) is 35.5 Å². The quantitative estimate of drug-likeness (QED) is 0.728. The normalized spacial score (nSPS) is 21.8. The number of carbonyl (C=O) groups excluding carboxylic acids is 1.